The topological polar surface area (TPSA) is 20.2 Å². The number of benzene rings is 1. The summed E-state index contributed by atoms with van der Waals surface area (Å²) < 4.78 is 63.1. The quantitative estimate of drug-likeness (QED) is 0.820. The van der Waals surface area contributed by atoms with Crippen molar-refractivity contribution in [3.05, 3.63) is 34.6 Å². The summed E-state index contributed by atoms with van der Waals surface area (Å²) in [6.45, 7) is 2.61. The summed E-state index contributed by atoms with van der Waals surface area (Å²) in [6.07, 6.45) is -6.64. The molecule has 0 aliphatic heterocycles. The molecule has 1 atom stereocenters. The lowest BCUT2D eigenvalue weighted by molar-refractivity contribution is -0.193. The van der Waals surface area contributed by atoms with Crippen LogP contribution in [0.2, 0.25) is 0 Å². The molecule has 0 spiro atoms. The Morgan fingerprint density at radius 3 is 1.88 bits per heavy atom. The van der Waals surface area contributed by atoms with Crippen LogP contribution in [-0.4, -0.2) is 17.5 Å². The van der Waals surface area contributed by atoms with Gasteiger partial charge in [-0.15, -0.1) is 0 Å². The molecule has 0 bridgehead atoms. The van der Waals surface area contributed by atoms with Crippen LogP contribution in [0.1, 0.15) is 22.8 Å². The summed E-state index contributed by atoms with van der Waals surface area (Å²) in [7, 11) is 0. The number of rotatable bonds is 3. The van der Waals surface area contributed by atoms with Crippen molar-refractivity contribution in [3.63, 3.8) is 0 Å². The molecule has 0 aliphatic rings. The van der Waals surface area contributed by atoms with Gasteiger partial charge >= 0.3 is 12.3 Å². The molecule has 0 heterocycles. The van der Waals surface area contributed by atoms with Gasteiger partial charge in [0.25, 0.3) is 0 Å². The molecule has 17 heavy (non-hydrogen) atoms. The van der Waals surface area contributed by atoms with Crippen molar-refractivity contribution in [2.45, 2.75) is 32.3 Å². The summed E-state index contributed by atoms with van der Waals surface area (Å²) in [6, 6.07) is 1.87. The fraction of sp³-hybridized carbons (Fsp3) is 0.455. The van der Waals surface area contributed by atoms with E-state index in [1.165, 1.54) is 13.8 Å². The van der Waals surface area contributed by atoms with E-state index in [0.717, 1.165) is 12.1 Å². The predicted octanol–water partition coefficient (Wildman–Crippen LogP) is 3.38. The van der Waals surface area contributed by atoms with Crippen molar-refractivity contribution in [2.24, 2.45) is 0 Å². The van der Waals surface area contributed by atoms with E-state index >= 15 is 0 Å². The molecule has 6 heteroatoms. The molecule has 1 aromatic carbocycles. The average Bonchev–Trinajstić information content (AvgIpc) is 2.23. The van der Waals surface area contributed by atoms with Crippen molar-refractivity contribution >= 4 is 0 Å². The molecule has 0 fully saturated rings. The molecule has 0 saturated heterocycles. The second-order valence-corrected chi connectivity index (χ2v) is 3.85. The fourth-order valence-corrected chi connectivity index (χ4v) is 1.48. The van der Waals surface area contributed by atoms with Crippen LogP contribution in [0.4, 0.5) is 22.0 Å². The predicted molar refractivity (Wildman–Crippen MR) is 51.8 cm³/mol. The minimum Gasteiger partial charge on any atom is -0.382 e. The Hall–Kier alpha value is -1.17. The van der Waals surface area contributed by atoms with Crippen molar-refractivity contribution in [3.8, 4) is 0 Å². The van der Waals surface area contributed by atoms with Crippen LogP contribution >= 0.6 is 0 Å². The summed E-state index contributed by atoms with van der Waals surface area (Å²) >= 11 is 0. The van der Waals surface area contributed by atoms with E-state index in [2.05, 4.69) is 0 Å². The Labute approximate surface area is 94.9 Å². The van der Waals surface area contributed by atoms with E-state index in [9.17, 15) is 27.1 Å². The Morgan fingerprint density at radius 2 is 1.53 bits per heavy atom. The molecule has 1 N–H and O–H groups in total. The first-order valence-electron chi connectivity index (χ1n) is 4.78. The zero-order chi connectivity index (χ0) is 13.4. The zero-order valence-corrected chi connectivity index (χ0v) is 9.15. The highest BCUT2D eigenvalue weighted by atomic mass is 19.3. The first-order valence-corrected chi connectivity index (χ1v) is 4.78. The monoisotopic (exact) mass is 254 g/mol. The average molecular weight is 254 g/mol. The molecule has 0 aromatic heterocycles. The molecule has 1 unspecified atom stereocenters. The standard InChI is InChI=1S/C11H11F5O/c1-5-3-7(4-6(2)8(5)12)9(17)11(15,16)10(13)14/h3-4,9-10,17H,1-2H3. The van der Waals surface area contributed by atoms with Crippen molar-refractivity contribution in [1.82, 2.24) is 0 Å². The van der Waals surface area contributed by atoms with Crippen molar-refractivity contribution in [1.29, 1.82) is 0 Å². The highest BCUT2D eigenvalue weighted by Gasteiger charge is 2.48. The van der Waals surface area contributed by atoms with Crippen LogP contribution in [0, 0.1) is 19.7 Å². The molecule has 1 nitrogen and oxygen atoms in total. The van der Waals surface area contributed by atoms with E-state index in [0.29, 0.717) is 0 Å². The maximum Gasteiger partial charge on any atom is 0.336 e. The molecule has 0 radical (unpaired) electrons. The Bertz CT molecular complexity index is 393. The third kappa shape index (κ3) is 2.57. The summed E-state index contributed by atoms with van der Waals surface area (Å²) in [5.74, 6) is -5.17. The Balaban J connectivity index is 3.18. The maximum atomic E-state index is 13.2. The minimum absolute atomic E-state index is 0.0177. The summed E-state index contributed by atoms with van der Waals surface area (Å²) in [5, 5.41) is 9.21. The number of aryl methyl sites for hydroxylation is 2. The van der Waals surface area contributed by atoms with Crippen molar-refractivity contribution in [2.75, 3.05) is 0 Å². The Morgan fingerprint density at radius 1 is 1.12 bits per heavy atom. The number of hydrogen-bond acceptors (Lipinski definition) is 1. The van der Waals surface area contributed by atoms with Gasteiger partial charge in [-0.1, -0.05) is 12.1 Å². The summed E-state index contributed by atoms with van der Waals surface area (Å²) in [5.41, 5.74) is -0.389. The SMILES string of the molecule is Cc1cc(C(O)C(F)(F)C(F)F)cc(C)c1F. The van der Waals surface area contributed by atoms with Gasteiger partial charge in [0.1, 0.15) is 11.9 Å². The number of hydrogen-bond donors (Lipinski definition) is 1. The van der Waals surface area contributed by atoms with Crippen LogP contribution in [0.3, 0.4) is 0 Å². The third-order valence-electron chi connectivity index (χ3n) is 2.43. The lowest BCUT2D eigenvalue weighted by atomic mass is 9.99. The number of aliphatic hydroxyl groups excluding tert-OH is 1. The van der Waals surface area contributed by atoms with Gasteiger partial charge in [-0.3, -0.25) is 0 Å². The van der Waals surface area contributed by atoms with E-state index in [-0.39, 0.29) is 11.1 Å². The second kappa shape index (κ2) is 4.60. The maximum absolute atomic E-state index is 13.2. The number of alkyl halides is 4. The van der Waals surface area contributed by atoms with Crippen LogP contribution < -0.4 is 0 Å². The van der Waals surface area contributed by atoms with Gasteiger partial charge < -0.3 is 5.11 Å². The first-order chi connectivity index (χ1) is 7.67. The molecule has 0 aliphatic carbocycles. The molecule has 96 valence electrons. The molecule has 0 saturated carbocycles. The van der Waals surface area contributed by atoms with Gasteiger partial charge in [-0.05, 0) is 30.5 Å². The van der Waals surface area contributed by atoms with Gasteiger partial charge in [0.2, 0.25) is 0 Å². The Kier molecular flexibility index (Phi) is 3.76. The number of halogens is 5. The molecule has 0 amide bonds. The van der Waals surface area contributed by atoms with E-state index in [1.54, 1.807) is 0 Å². The lowest BCUT2D eigenvalue weighted by Crippen LogP contribution is -2.34. The van der Waals surface area contributed by atoms with Crippen LogP contribution in [0.5, 0.6) is 0 Å². The van der Waals surface area contributed by atoms with E-state index in [1.807, 2.05) is 0 Å². The van der Waals surface area contributed by atoms with E-state index in [4.69, 9.17) is 0 Å². The largest absolute Gasteiger partial charge is 0.382 e. The molecule has 1 rings (SSSR count). The third-order valence-corrected chi connectivity index (χ3v) is 2.43. The van der Waals surface area contributed by atoms with Gasteiger partial charge in [-0.2, -0.15) is 8.78 Å². The van der Waals surface area contributed by atoms with Crippen LogP contribution in [0.25, 0.3) is 0 Å². The first kappa shape index (κ1) is 13.9. The van der Waals surface area contributed by atoms with Crippen LogP contribution in [0.15, 0.2) is 12.1 Å². The normalized spacial score (nSPS) is 14.2. The fourth-order valence-electron chi connectivity index (χ4n) is 1.48. The van der Waals surface area contributed by atoms with Crippen molar-refractivity contribution < 1.29 is 27.1 Å². The van der Waals surface area contributed by atoms with Gasteiger partial charge in [0, 0.05) is 0 Å². The van der Waals surface area contributed by atoms with Gasteiger partial charge in [0.05, 0.1) is 0 Å². The van der Waals surface area contributed by atoms with Gasteiger partial charge in [0.15, 0.2) is 0 Å². The zero-order valence-electron chi connectivity index (χ0n) is 9.15. The lowest BCUT2D eigenvalue weighted by Gasteiger charge is -2.22. The second-order valence-electron chi connectivity index (χ2n) is 3.85. The molecular weight excluding hydrogens is 243 g/mol. The highest BCUT2D eigenvalue weighted by Crippen LogP contribution is 2.37. The molecule has 1 aromatic rings. The minimum atomic E-state index is -4.56. The summed E-state index contributed by atoms with van der Waals surface area (Å²) in [4.78, 5) is 0. The van der Waals surface area contributed by atoms with E-state index < -0.39 is 29.8 Å². The number of aliphatic hydroxyl groups is 1. The van der Waals surface area contributed by atoms with Gasteiger partial charge in [-0.25, -0.2) is 13.2 Å². The van der Waals surface area contributed by atoms with Crippen LogP contribution in [-0.2, 0) is 0 Å². The smallest absolute Gasteiger partial charge is 0.336 e. The highest BCUT2D eigenvalue weighted by molar-refractivity contribution is 5.32. The molecular formula is C11H11F5O.